The third kappa shape index (κ3) is 3.20. The monoisotopic (exact) mass is 285 g/mol. The van der Waals surface area contributed by atoms with Crippen LogP contribution < -0.4 is 0 Å². The zero-order valence-corrected chi connectivity index (χ0v) is 14.8. The van der Waals surface area contributed by atoms with Crippen molar-refractivity contribution in [2.45, 2.75) is 91.1 Å². The molecule has 1 N–H and O–H groups in total. The van der Waals surface area contributed by atoms with Crippen molar-refractivity contribution in [3.8, 4) is 0 Å². The molecule has 120 valence electrons. The molecule has 1 fully saturated rings. The average molecular weight is 285 g/mol. The Hall–Kier alpha value is -0.120. The predicted octanol–water partition coefficient (Wildman–Crippen LogP) is 3.45. The Balaban J connectivity index is 3.05. The van der Waals surface area contributed by atoms with Crippen molar-refractivity contribution in [1.29, 1.82) is 0 Å². The molecule has 3 nitrogen and oxygen atoms in total. The van der Waals surface area contributed by atoms with Gasteiger partial charge in [-0.05, 0) is 60.5 Å². The highest BCUT2D eigenvalue weighted by molar-refractivity contribution is 5.04. The largest absolute Gasteiger partial charge is 0.391 e. The van der Waals surface area contributed by atoms with Gasteiger partial charge in [-0.1, -0.05) is 20.8 Å². The van der Waals surface area contributed by atoms with E-state index in [2.05, 4.69) is 60.3 Å². The number of ether oxygens (including phenoxy) is 1. The van der Waals surface area contributed by atoms with Gasteiger partial charge in [0.15, 0.2) is 0 Å². The highest BCUT2D eigenvalue weighted by Crippen LogP contribution is 2.46. The maximum Gasteiger partial charge on any atom is 0.0777 e. The van der Waals surface area contributed by atoms with Crippen LogP contribution >= 0.6 is 0 Å². The number of rotatable bonds is 6. The average Bonchev–Trinajstić information content (AvgIpc) is 2.57. The lowest BCUT2D eigenvalue weighted by atomic mass is 9.73. The van der Waals surface area contributed by atoms with Crippen molar-refractivity contribution in [2.24, 2.45) is 5.92 Å². The van der Waals surface area contributed by atoms with E-state index < -0.39 is 0 Å². The molecule has 1 saturated heterocycles. The minimum absolute atomic E-state index is 0.146. The zero-order valence-electron chi connectivity index (χ0n) is 14.8. The summed E-state index contributed by atoms with van der Waals surface area (Å²) >= 11 is 0. The van der Waals surface area contributed by atoms with Crippen LogP contribution in [0, 0.1) is 5.92 Å². The Morgan fingerprint density at radius 3 is 2.00 bits per heavy atom. The van der Waals surface area contributed by atoms with E-state index in [4.69, 9.17) is 4.74 Å². The summed E-state index contributed by atoms with van der Waals surface area (Å²) in [5, 5.41) is 11.1. The lowest BCUT2D eigenvalue weighted by Crippen LogP contribution is -2.58. The van der Waals surface area contributed by atoms with Crippen molar-refractivity contribution in [3.05, 3.63) is 0 Å². The van der Waals surface area contributed by atoms with Crippen molar-refractivity contribution in [1.82, 2.24) is 4.90 Å². The highest BCUT2D eigenvalue weighted by Gasteiger charge is 2.53. The van der Waals surface area contributed by atoms with Crippen LogP contribution in [0.2, 0.25) is 0 Å². The van der Waals surface area contributed by atoms with Gasteiger partial charge in [-0.2, -0.15) is 0 Å². The molecule has 0 bridgehead atoms. The molecule has 1 aliphatic rings. The molecule has 0 aromatic carbocycles. The van der Waals surface area contributed by atoms with Crippen molar-refractivity contribution < 1.29 is 9.84 Å². The number of nitrogens with zero attached hydrogens (tertiary/aromatic N) is 1. The third-order valence-corrected chi connectivity index (χ3v) is 5.36. The molecular formula is C17H35NO2. The molecule has 1 rings (SSSR count). The fourth-order valence-corrected chi connectivity index (χ4v) is 4.10. The standard InChI is InChI=1S/C17H35NO2/c1-9-17(8,18(10-2)11-3)14(19)13-12-15(4,5)20-16(13,6)7/h13-14,19H,9-12H2,1-8H3. The smallest absolute Gasteiger partial charge is 0.0777 e. The minimum Gasteiger partial charge on any atom is -0.391 e. The summed E-state index contributed by atoms with van der Waals surface area (Å²) in [6.45, 7) is 19.1. The third-order valence-electron chi connectivity index (χ3n) is 5.36. The van der Waals surface area contributed by atoms with Gasteiger partial charge in [-0.3, -0.25) is 4.90 Å². The first-order valence-electron chi connectivity index (χ1n) is 8.17. The lowest BCUT2D eigenvalue weighted by molar-refractivity contribution is -0.113. The van der Waals surface area contributed by atoms with E-state index in [1.54, 1.807) is 0 Å². The molecule has 1 aliphatic heterocycles. The van der Waals surface area contributed by atoms with Crippen LogP contribution in [0.3, 0.4) is 0 Å². The fraction of sp³-hybridized carbons (Fsp3) is 1.00. The van der Waals surface area contributed by atoms with Crippen molar-refractivity contribution >= 4 is 0 Å². The molecule has 0 radical (unpaired) electrons. The molecule has 0 aromatic rings. The normalized spacial score (nSPS) is 29.4. The number of likely N-dealkylation sites (N-methyl/N-ethyl adjacent to an activating group) is 1. The first-order valence-corrected chi connectivity index (χ1v) is 8.17. The molecule has 0 saturated carbocycles. The van der Waals surface area contributed by atoms with Gasteiger partial charge in [0.05, 0.1) is 17.3 Å². The second-order valence-corrected chi connectivity index (χ2v) is 7.60. The summed E-state index contributed by atoms with van der Waals surface area (Å²) in [6, 6.07) is 0. The summed E-state index contributed by atoms with van der Waals surface area (Å²) in [5.41, 5.74) is -0.602. The van der Waals surface area contributed by atoms with Crippen molar-refractivity contribution in [2.75, 3.05) is 13.1 Å². The van der Waals surface area contributed by atoms with Gasteiger partial charge in [-0.25, -0.2) is 0 Å². The molecule has 3 unspecified atom stereocenters. The van der Waals surface area contributed by atoms with E-state index in [9.17, 15) is 5.11 Å². The van der Waals surface area contributed by atoms with Crippen molar-refractivity contribution in [3.63, 3.8) is 0 Å². The topological polar surface area (TPSA) is 32.7 Å². The Morgan fingerprint density at radius 2 is 1.70 bits per heavy atom. The van der Waals surface area contributed by atoms with Crippen LogP contribution in [-0.2, 0) is 4.74 Å². The molecule has 3 heteroatoms. The second kappa shape index (κ2) is 5.94. The zero-order chi connectivity index (χ0) is 15.8. The van der Waals surface area contributed by atoms with Gasteiger partial charge in [0.2, 0.25) is 0 Å². The quantitative estimate of drug-likeness (QED) is 0.811. The van der Waals surface area contributed by atoms with Crippen LogP contribution in [-0.4, -0.2) is 45.9 Å². The van der Waals surface area contributed by atoms with E-state index in [1.165, 1.54) is 0 Å². The van der Waals surface area contributed by atoms with Gasteiger partial charge < -0.3 is 9.84 Å². The van der Waals surface area contributed by atoms with Crippen LogP contribution in [0.5, 0.6) is 0 Å². The summed E-state index contributed by atoms with van der Waals surface area (Å²) in [5.74, 6) is 0.169. The molecule has 0 aromatic heterocycles. The SMILES string of the molecule is CCN(CC)C(C)(CC)C(O)C1CC(C)(C)OC1(C)C. The molecule has 1 heterocycles. The molecule has 3 atom stereocenters. The maximum absolute atomic E-state index is 11.1. The molecular weight excluding hydrogens is 250 g/mol. The number of aliphatic hydroxyl groups excluding tert-OH is 1. The summed E-state index contributed by atoms with van der Waals surface area (Å²) in [7, 11) is 0. The molecule has 0 spiro atoms. The predicted molar refractivity (Wildman–Crippen MR) is 85.0 cm³/mol. The van der Waals surface area contributed by atoms with Crippen LogP contribution in [0.25, 0.3) is 0 Å². The van der Waals surface area contributed by atoms with Gasteiger partial charge in [0, 0.05) is 11.5 Å². The van der Waals surface area contributed by atoms with Gasteiger partial charge in [0.1, 0.15) is 0 Å². The van der Waals surface area contributed by atoms with E-state index in [1.807, 2.05) is 0 Å². The van der Waals surface area contributed by atoms with E-state index in [0.29, 0.717) is 0 Å². The van der Waals surface area contributed by atoms with Crippen LogP contribution in [0.4, 0.5) is 0 Å². The highest BCUT2D eigenvalue weighted by atomic mass is 16.5. The second-order valence-electron chi connectivity index (χ2n) is 7.60. The molecule has 0 aliphatic carbocycles. The molecule has 20 heavy (non-hydrogen) atoms. The number of aliphatic hydroxyl groups is 1. The summed E-state index contributed by atoms with van der Waals surface area (Å²) in [6.07, 6.45) is 1.49. The van der Waals surface area contributed by atoms with E-state index in [0.717, 1.165) is 25.9 Å². The molecule has 0 amide bonds. The Morgan fingerprint density at radius 1 is 1.20 bits per heavy atom. The maximum atomic E-state index is 11.1. The lowest BCUT2D eigenvalue weighted by Gasteiger charge is -2.47. The van der Waals surface area contributed by atoms with Gasteiger partial charge in [0.25, 0.3) is 0 Å². The number of hydrogen-bond donors (Lipinski definition) is 1. The van der Waals surface area contributed by atoms with Crippen LogP contribution in [0.1, 0.15) is 68.2 Å². The first-order chi connectivity index (χ1) is 9.04. The van der Waals surface area contributed by atoms with Gasteiger partial charge in [-0.15, -0.1) is 0 Å². The Bertz CT molecular complexity index is 323. The Kier molecular flexibility index (Phi) is 5.32. The first kappa shape index (κ1) is 17.9. The fourth-order valence-electron chi connectivity index (χ4n) is 4.10. The van der Waals surface area contributed by atoms with E-state index >= 15 is 0 Å². The van der Waals surface area contributed by atoms with Gasteiger partial charge >= 0.3 is 0 Å². The van der Waals surface area contributed by atoms with Crippen LogP contribution in [0.15, 0.2) is 0 Å². The minimum atomic E-state index is -0.371. The van der Waals surface area contributed by atoms with E-state index in [-0.39, 0.29) is 28.8 Å². The summed E-state index contributed by atoms with van der Waals surface area (Å²) < 4.78 is 6.18. The Labute approximate surface area is 125 Å². The summed E-state index contributed by atoms with van der Waals surface area (Å²) in [4.78, 5) is 2.39. The number of hydrogen-bond acceptors (Lipinski definition) is 3.